The van der Waals surface area contributed by atoms with Crippen LogP contribution in [0.2, 0.25) is 0 Å². The first-order valence-corrected chi connectivity index (χ1v) is 6.62. The number of benzene rings is 1. The van der Waals surface area contributed by atoms with E-state index >= 15 is 0 Å². The van der Waals surface area contributed by atoms with Gasteiger partial charge in [-0.15, -0.1) is 0 Å². The molecule has 3 nitrogen and oxygen atoms in total. The zero-order valence-corrected chi connectivity index (χ0v) is 12.5. The van der Waals surface area contributed by atoms with Crippen LogP contribution in [0.1, 0.15) is 39.2 Å². The van der Waals surface area contributed by atoms with Crippen LogP contribution in [0.5, 0.6) is 11.5 Å². The third kappa shape index (κ3) is 4.12. The summed E-state index contributed by atoms with van der Waals surface area (Å²) in [5, 5.41) is 0. The molecule has 1 aromatic rings. The van der Waals surface area contributed by atoms with Gasteiger partial charge < -0.3 is 9.47 Å². The van der Waals surface area contributed by atoms with Crippen molar-refractivity contribution in [1.82, 2.24) is 0 Å². The smallest absolute Gasteiger partial charge is 0.161 e. The van der Waals surface area contributed by atoms with Crippen molar-refractivity contribution in [2.24, 2.45) is 4.99 Å². The van der Waals surface area contributed by atoms with Crippen LogP contribution in [0.15, 0.2) is 35.0 Å². The number of nitrogens with zero attached hydrogens (tertiary/aromatic N) is 1. The Balaban J connectivity index is 3.15. The molecule has 3 heteroatoms. The Morgan fingerprint density at radius 2 is 1.84 bits per heavy atom. The number of methoxy groups -OCH3 is 2. The van der Waals surface area contributed by atoms with E-state index in [2.05, 4.69) is 24.9 Å². The van der Waals surface area contributed by atoms with Crippen LogP contribution in [0.4, 0.5) is 0 Å². The molecule has 0 radical (unpaired) electrons. The van der Waals surface area contributed by atoms with Gasteiger partial charge in [0.2, 0.25) is 0 Å². The van der Waals surface area contributed by atoms with Crippen molar-refractivity contribution >= 4 is 5.71 Å². The lowest BCUT2D eigenvalue weighted by molar-refractivity contribution is 0.355. The number of aliphatic imine (C=N–C) groups is 1. The van der Waals surface area contributed by atoms with Crippen molar-refractivity contribution in [3.63, 3.8) is 0 Å². The molecule has 0 saturated carbocycles. The van der Waals surface area contributed by atoms with Crippen molar-refractivity contribution in [1.29, 1.82) is 0 Å². The molecular weight excluding hydrogens is 238 g/mol. The van der Waals surface area contributed by atoms with Crippen molar-refractivity contribution in [3.8, 4) is 11.5 Å². The predicted molar refractivity (Wildman–Crippen MR) is 80.4 cm³/mol. The summed E-state index contributed by atoms with van der Waals surface area (Å²) >= 11 is 0. The summed E-state index contributed by atoms with van der Waals surface area (Å²) in [7, 11) is 3.28. The van der Waals surface area contributed by atoms with Crippen LogP contribution >= 0.6 is 0 Å². The molecule has 0 fully saturated rings. The SMILES string of the molecule is CC/C=C(\C)N=C(CC)c1ccc(OC)c(OC)c1. The Bertz CT molecular complexity index is 476. The molecule has 0 saturated heterocycles. The zero-order valence-electron chi connectivity index (χ0n) is 12.5. The molecule has 0 amide bonds. The molecule has 0 aliphatic heterocycles. The topological polar surface area (TPSA) is 30.8 Å². The summed E-state index contributed by atoms with van der Waals surface area (Å²) in [4.78, 5) is 4.67. The summed E-state index contributed by atoms with van der Waals surface area (Å²) in [6, 6.07) is 5.90. The van der Waals surface area contributed by atoms with E-state index in [-0.39, 0.29) is 0 Å². The second kappa shape index (κ2) is 7.62. The van der Waals surface area contributed by atoms with Gasteiger partial charge in [0.15, 0.2) is 11.5 Å². The first-order valence-electron chi connectivity index (χ1n) is 6.62. The Hall–Kier alpha value is -1.77. The van der Waals surface area contributed by atoms with Gasteiger partial charge >= 0.3 is 0 Å². The third-order valence-corrected chi connectivity index (χ3v) is 2.86. The average molecular weight is 261 g/mol. The lowest BCUT2D eigenvalue weighted by atomic mass is 10.1. The Morgan fingerprint density at radius 3 is 2.37 bits per heavy atom. The summed E-state index contributed by atoms with van der Waals surface area (Å²) in [6.45, 7) is 6.25. The molecule has 104 valence electrons. The van der Waals surface area contributed by atoms with Crippen molar-refractivity contribution in [3.05, 3.63) is 35.5 Å². The quantitative estimate of drug-likeness (QED) is 0.718. The molecular formula is C16H23NO2. The molecule has 0 aromatic heterocycles. The fraction of sp³-hybridized carbons (Fsp3) is 0.438. The van der Waals surface area contributed by atoms with E-state index in [1.165, 1.54) is 0 Å². The number of hydrogen-bond donors (Lipinski definition) is 0. The Kier molecular flexibility index (Phi) is 6.13. The molecule has 19 heavy (non-hydrogen) atoms. The van der Waals surface area contributed by atoms with E-state index in [1.54, 1.807) is 14.2 Å². The summed E-state index contributed by atoms with van der Waals surface area (Å²) in [5.41, 5.74) is 3.18. The standard InChI is InChI=1S/C16H23NO2/c1-6-8-12(3)17-14(7-2)13-9-10-15(18-4)16(11-13)19-5/h8-11H,6-7H2,1-5H3/b12-8+,17-14?. The van der Waals surface area contributed by atoms with E-state index in [0.29, 0.717) is 0 Å². The molecule has 0 aliphatic carbocycles. The second-order valence-electron chi connectivity index (χ2n) is 4.24. The molecule has 0 spiro atoms. The summed E-state index contributed by atoms with van der Waals surface area (Å²) in [5.74, 6) is 1.47. The fourth-order valence-corrected chi connectivity index (χ4v) is 1.92. The van der Waals surface area contributed by atoms with Gasteiger partial charge in [0.25, 0.3) is 0 Å². The molecule has 0 atom stereocenters. The van der Waals surface area contributed by atoms with Crippen LogP contribution in [0.25, 0.3) is 0 Å². The maximum atomic E-state index is 5.33. The highest BCUT2D eigenvalue weighted by atomic mass is 16.5. The second-order valence-corrected chi connectivity index (χ2v) is 4.24. The lowest BCUT2D eigenvalue weighted by Crippen LogP contribution is -2.01. The van der Waals surface area contributed by atoms with E-state index in [4.69, 9.17) is 9.47 Å². The lowest BCUT2D eigenvalue weighted by Gasteiger charge is -2.10. The van der Waals surface area contributed by atoms with Gasteiger partial charge in [-0.1, -0.05) is 19.9 Å². The average Bonchev–Trinajstić information content (AvgIpc) is 2.44. The fourth-order valence-electron chi connectivity index (χ4n) is 1.92. The molecule has 1 rings (SSSR count). The monoisotopic (exact) mass is 261 g/mol. The molecule has 0 heterocycles. The minimum Gasteiger partial charge on any atom is -0.493 e. The maximum absolute atomic E-state index is 5.33. The van der Waals surface area contributed by atoms with E-state index < -0.39 is 0 Å². The van der Waals surface area contributed by atoms with Crippen LogP contribution in [0, 0.1) is 0 Å². The van der Waals surface area contributed by atoms with E-state index in [9.17, 15) is 0 Å². The predicted octanol–water partition coefficient (Wildman–Crippen LogP) is 4.22. The van der Waals surface area contributed by atoms with E-state index in [1.807, 2.05) is 25.1 Å². The number of ether oxygens (including phenoxy) is 2. The van der Waals surface area contributed by atoms with Gasteiger partial charge in [0.05, 0.1) is 14.2 Å². The number of allylic oxidation sites excluding steroid dienone is 2. The normalized spacial score (nSPS) is 12.5. The van der Waals surface area contributed by atoms with Gasteiger partial charge in [-0.2, -0.15) is 0 Å². The number of rotatable bonds is 6. The molecule has 1 aromatic carbocycles. The van der Waals surface area contributed by atoms with Gasteiger partial charge in [0.1, 0.15) is 0 Å². The largest absolute Gasteiger partial charge is 0.493 e. The van der Waals surface area contributed by atoms with Crippen LogP contribution in [-0.4, -0.2) is 19.9 Å². The maximum Gasteiger partial charge on any atom is 0.161 e. The highest BCUT2D eigenvalue weighted by Crippen LogP contribution is 2.28. The van der Waals surface area contributed by atoms with Crippen molar-refractivity contribution in [2.45, 2.75) is 33.6 Å². The first-order chi connectivity index (χ1) is 9.15. The van der Waals surface area contributed by atoms with Crippen molar-refractivity contribution in [2.75, 3.05) is 14.2 Å². The summed E-state index contributed by atoms with van der Waals surface area (Å²) < 4.78 is 10.6. The van der Waals surface area contributed by atoms with Crippen LogP contribution in [0.3, 0.4) is 0 Å². The van der Waals surface area contributed by atoms with Gasteiger partial charge in [-0.3, -0.25) is 4.99 Å². The van der Waals surface area contributed by atoms with E-state index in [0.717, 1.165) is 41.3 Å². The molecule has 0 bridgehead atoms. The molecule has 0 N–H and O–H groups in total. The highest BCUT2D eigenvalue weighted by Gasteiger charge is 2.08. The summed E-state index contributed by atoms with van der Waals surface area (Å²) in [6.07, 6.45) is 4.00. The van der Waals surface area contributed by atoms with Crippen LogP contribution in [-0.2, 0) is 0 Å². The minimum atomic E-state index is 0.735. The number of hydrogen-bond acceptors (Lipinski definition) is 3. The highest BCUT2D eigenvalue weighted by molar-refractivity contribution is 6.01. The van der Waals surface area contributed by atoms with Crippen molar-refractivity contribution < 1.29 is 9.47 Å². The Labute approximate surface area is 116 Å². The zero-order chi connectivity index (χ0) is 14.3. The molecule has 0 aliphatic rings. The van der Waals surface area contributed by atoms with Gasteiger partial charge in [0, 0.05) is 11.4 Å². The van der Waals surface area contributed by atoms with Gasteiger partial charge in [-0.25, -0.2) is 0 Å². The minimum absolute atomic E-state index is 0.735. The van der Waals surface area contributed by atoms with Crippen LogP contribution < -0.4 is 9.47 Å². The Morgan fingerprint density at radius 1 is 1.16 bits per heavy atom. The molecule has 0 unspecified atom stereocenters. The first kappa shape index (κ1) is 15.3. The third-order valence-electron chi connectivity index (χ3n) is 2.86. The van der Waals surface area contributed by atoms with Gasteiger partial charge in [-0.05, 0) is 43.5 Å².